The number of hydrogen-bond acceptors (Lipinski definition) is 4. The van der Waals surface area contributed by atoms with Gasteiger partial charge in [0, 0.05) is 6.42 Å². The molecule has 1 aromatic carbocycles. The van der Waals surface area contributed by atoms with Gasteiger partial charge in [-0.25, -0.2) is 4.79 Å². The number of carboxylic acid groups (broad SMARTS) is 1. The van der Waals surface area contributed by atoms with Crippen LogP contribution in [0.25, 0.3) is 0 Å². The third kappa shape index (κ3) is 4.51. The van der Waals surface area contributed by atoms with Crippen molar-refractivity contribution in [3.05, 3.63) is 23.8 Å². The first-order valence-corrected chi connectivity index (χ1v) is 6.41. The molecule has 0 bridgehead atoms. The summed E-state index contributed by atoms with van der Waals surface area (Å²) in [4.78, 5) is 22.3. The van der Waals surface area contributed by atoms with Crippen LogP contribution in [0.1, 0.15) is 30.1 Å². The highest BCUT2D eigenvalue weighted by atomic mass is 32.1. The Morgan fingerprint density at radius 3 is 2.65 bits per heavy atom. The van der Waals surface area contributed by atoms with Gasteiger partial charge in [-0.2, -0.15) is 0 Å². The maximum atomic E-state index is 11.4. The summed E-state index contributed by atoms with van der Waals surface area (Å²) in [5.74, 6) is -0.822. The van der Waals surface area contributed by atoms with E-state index in [0.717, 1.165) is 0 Å². The molecule has 108 valence electrons. The lowest BCUT2D eigenvalue weighted by Crippen LogP contribution is -2.34. The lowest BCUT2D eigenvalue weighted by Gasteiger charge is -2.13. The zero-order valence-electron chi connectivity index (χ0n) is 11.2. The van der Waals surface area contributed by atoms with E-state index in [1.165, 1.54) is 25.3 Å². The molecule has 0 saturated carbocycles. The third-order valence-corrected chi connectivity index (χ3v) is 2.63. The highest BCUT2D eigenvalue weighted by Crippen LogP contribution is 2.25. The second kappa shape index (κ2) is 7.44. The molecule has 3 N–H and O–H groups in total. The van der Waals surface area contributed by atoms with Crippen molar-refractivity contribution in [2.24, 2.45) is 0 Å². The first-order chi connectivity index (χ1) is 9.47. The summed E-state index contributed by atoms with van der Waals surface area (Å²) in [5.41, 5.74) is 0.477. The van der Waals surface area contributed by atoms with Crippen LogP contribution in [-0.4, -0.2) is 29.2 Å². The number of carbonyl (C=O) groups excluding carboxylic acids is 1. The Hall–Kier alpha value is -2.15. The van der Waals surface area contributed by atoms with E-state index in [4.69, 9.17) is 22.1 Å². The zero-order chi connectivity index (χ0) is 15.1. The molecule has 0 aromatic heterocycles. The number of benzene rings is 1. The lowest BCUT2D eigenvalue weighted by atomic mass is 10.2. The molecule has 0 fully saturated rings. The van der Waals surface area contributed by atoms with Crippen LogP contribution in [0.15, 0.2) is 18.2 Å². The van der Waals surface area contributed by atoms with E-state index in [1.807, 2.05) is 6.92 Å². The van der Waals surface area contributed by atoms with E-state index in [9.17, 15) is 9.59 Å². The number of anilines is 1. The van der Waals surface area contributed by atoms with E-state index in [0.29, 0.717) is 24.3 Å². The normalized spacial score (nSPS) is 9.70. The maximum Gasteiger partial charge on any atom is 0.335 e. The first-order valence-electron chi connectivity index (χ1n) is 6.00. The number of aromatic carboxylic acids is 1. The van der Waals surface area contributed by atoms with Gasteiger partial charge in [-0.15, -0.1) is 0 Å². The molecule has 0 aliphatic carbocycles. The highest BCUT2D eigenvalue weighted by Gasteiger charge is 2.11. The van der Waals surface area contributed by atoms with Crippen molar-refractivity contribution >= 4 is 34.9 Å². The van der Waals surface area contributed by atoms with Crippen molar-refractivity contribution in [3.63, 3.8) is 0 Å². The molecule has 0 aliphatic heterocycles. The molecule has 0 radical (unpaired) electrons. The van der Waals surface area contributed by atoms with Crippen LogP contribution in [0.4, 0.5) is 5.69 Å². The molecule has 1 amide bonds. The monoisotopic (exact) mass is 296 g/mol. The van der Waals surface area contributed by atoms with E-state index in [2.05, 4.69) is 10.6 Å². The summed E-state index contributed by atoms with van der Waals surface area (Å²) in [6.07, 6.45) is 1.08. The molecule has 1 aromatic rings. The second-order valence-corrected chi connectivity index (χ2v) is 4.38. The Morgan fingerprint density at radius 1 is 1.40 bits per heavy atom. The summed E-state index contributed by atoms with van der Waals surface area (Å²) >= 11 is 5.00. The number of hydrogen-bond donors (Lipinski definition) is 3. The highest BCUT2D eigenvalue weighted by molar-refractivity contribution is 7.80. The Bertz CT molecular complexity index is 531. The molecular formula is C13H16N2O4S. The number of carboxylic acids is 1. The van der Waals surface area contributed by atoms with Crippen molar-refractivity contribution in [1.29, 1.82) is 0 Å². The van der Waals surface area contributed by atoms with E-state index in [1.54, 1.807) is 0 Å². The first kappa shape index (κ1) is 15.9. The van der Waals surface area contributed by atoms with Crippen LogP contribution in [0.2, 0.25) is 0 Å². The van der Waals surface area contributed by atoms with Gasteiger partial charge in [0.05, 0.1) is 18.4 Å². The molecule has 7 heteroatoms. The number of methoxy groups -OCH3 is 1. The predicted octanol–water partition coefficient (Wildman–Crippen LogP) is 2.01. The van der Waals surface area contributed by atoms with Gasteiger partial charge in [0.15, 0.2) is 5.11 Å². The van der Waals surface area contributed by atoms with Crippen LogP contribution >= 0.6 is 12.2 Å². The minimum absolute atomic E-state index is 0.0935. The molecule has 0 unspecified atom stereocenters. The fourth-order valence-corrected chi connectivity index (χ4v) is 1.73. The predicted molar refractivity (Wildman–Crippen MR) is 79.2 cm³/mol. The number of nitrogens with one attached hydrogen (secondary N) is 2. The zero-order valence-corrected chi connectivity index (χ0v) is 12.0. The molecule has 0 spiro atoms. The third-order valence-electron chi connectivity index (χ3n) is 2.42. The minimum Gasteiger partial charge on any atom is -0.495 e. The standard InChI is InChI=1S/C13H16N2O4S/c1-3-4-11(16)15-13(20)14-9-7-8(12(17)18)5-6-10(9)19-2/h5-7H,3-4H2,1-2H3,(H,17,18)(H2,14,15,16,20). The van der Waals surface area contributed by atoms with E-state index >= 15 is 0 Å². The number of carbonyl (C=O) groups is 2. The molecule has 0 aliphatic rings. The van der Waals surface area contributed by atoms with Gasteiger partial charge < -0.3 is 20.5 Å². The lowest BCUT2D eigenvalue weighted by molar-refractivity contribution is -0.119. The summed E-state index contributed by atoms with van der Waals surface area (Å²) < 4.78 is 5.11. The van der Waals surface area contributed by atoms with E-state index < -0.39 is 5.97 Å². The molecule has 20 heavy (non-hydrogen) atoms. The van der Waals surface area contributed by atoms with Crippen LogP contribution < -0.4 is 15.4 Å². The Morgan fingerprint density at radius 2 is 2.10 bits per heavy atom. The van der Waals surface area contributed by atoms with Crippen LogP contribution in [0.3, 0.4) is 0 Å². The number of amides is 1. The SMILES string of the molecule is CCCC(=O)NC(=S)Nc1cc(C(=O)O)ccc1OC. The van der Waals surface area contributed by atoms with Gasteiger partial charge in [-0.1, -0.05) is 6.92 Å². The Balaban J connectivity index is 2.84. The van der Waals surface area contributed by atoms with Gasteiger partial charge in [0.1, 0.15) is 5.75 Å². The largest absolute Gasteiger partial charge is 0.495 e. The van der Waals surface area contributed by atoms with Gasteiger partial charge in [0.2, 0.25) is 5.91 Å². The van der Waals surface area contributed by atoms with E-state index in [-0.39, 0.29) is 16.6 Å². The molecule has 0 heterocycles. The van der Waals surface area contributed by atoms with Gasteiger partial charge in [-0.3, -0.25) is 4.79 Å². The summed E-state index contributed by atoms with van der Waals surface area (Å²) in [6, 6.07) is 4.33. The Labute approximate surface area is 122 Å². The molecule has 6 nitrogen and oxygen atoms in total. The number of ether oxygens (including phenoxy) is 1. The van der Waals surface area contributed by atoms with Crippen LogP contribution in [-0.2, 0) is 4.79 Å². The summed E-state index contributed by atoms with van der Waals surface area (Å²) in [7, 11) is 1.46. The fourth-order valence-electron chi connectivity index (χ4n) is 1.51. The Kier molecular flexibility index (Phi) is 5.92. The second-order valence-electron chi connectivity index (χ2n) is 3.97. The van der Waals surface area contributed by atoms with Crippen molar-refractivity contribution in [3.8, 4) is 5.75 Å². The molecular weight excluding hydrogens is 280 g/mol. The topological polar surface area (TPSA) is 87.7 Å². The minimum atomic E-state index is -1.06. The maximum absolute atomic E-state index is 11.4. The van der Waals surface area contributed by atoms with Crippen molar-refractivity contribution in [2.45, 2.75) is 19.8 Å². The molecule has 0 atom stereocenters. The van der Waals surface area contributed by atoms with Gasteiger partial charge in [0.25, 0.3) is 0 Å². The molecule has 0 saturated heterocycles. The summed E-state index contributed by atoms with van der Waals surface area (Å²) in [6.45, 7) is 1.88. The average molecular weight is 296 g/mol. The van der Waals surface area contributed by atoms with Crippen molar-refractivity contribution in [1.82, 2.24) is 5.32 Å². The average Bonchev–Trinajstić information content (AvgIpc) is 2.38. The number of thiocarbonyl (C=S) groups is 1. The number of rotatable bonds is 5. The van der Waals surface area contributed by atoms with Crippen LogP contribution in [0, 0.1) is 0 Å². The fraction of sp³-hybridized carbons (Fsp3) is 0.308. The quantitative estimate of drug-likeness (QED) is 0.720. The smallest absolute Gasteiger partial charge is 0.335 e. The summed E-state index contributed by atoms with van der Waals surface area (Å²) in [5, 5.41) is 14.3. The molecule has 1 rings (SSSR count). The van der Waals surface area contributed by atoms with Gasteiger partial charge in [-0.05, 0) is 36.8 Å². The van der Waals surface area contributed by atoms with Gasteiger partial charge >= 0.3 is 5.97 Å². The van der Waals surface area contributed by atoms with Crippen LogP contribution in [0.5, 0.6) is 5.75 Å². The van der Waals surface area contributed by atoms with Crippen molar-refractivity contribution in [2.75, 3.05) is 12.4 Å². The van der Waals surface area contributed by atoms with Crippen molar-refractivity contribution < 1.29 is 19.4 Å².